The molecule has 1 amide bonds. The van der Waals surface area contributed by atoms with Crippen molar-refractivity contribution < 1.29 is 14.7 Å². The summed E-state index contributed by atoms with van der Waals surface area (Å²) in [5.41, 5.74) is 2.05. The number of carboxylic acids is 1. The number of benzene rings is 1. The summed E-state index contributed by atoms with van der Waals surface area (Å²) >= 11 is 0. The summed E-state index contributed by atoms with van der Waals surface area (Å²) in [7, 11) is 0. The highest BCUT2D eigenvalue weighted by molar-refractivity contribution is 5.94. The zero-order valence-electron chi connectivity index (χ0n) is 11.4. The minimum atomic E-state index is -1.02. The normalized spacial score (nSPS) is 12.6. The molecular weight excluding hydrogens is 242 g/mol. The van der Waals surface area contributed by atoms with Crippen molar-refractivity contribution in [1.82, 2.24) is 5.32 Å². The van der Waals surface area contributed by atoms with Crippen molar-refractivity contribution in [3.05, 3.63) is 41.5 Å². The fourth-order valence-electron chi connectivity index (χ4n) is 1.56. The first-order valence-corrected chi connectivity index (χ1v) is 6.18. The van der Waals surface area contributed by atoms with E-state index in [1.165, 1.54) is 6.08 Å². The molecule has 0 aromatic heterocycles. The molecule has 102 valence electrons. The summed E-state index contributed by atoms with van der Waals surface area (Å²) in [6, 6.07) is 6.83. The number of aliphatic carboxylic acids is 1. The smallest absolute Gasteiger partial charge is 0.326 e. The molecule has 1 rings (SSSR count). The van der Waals surface area contributed by atoms with E-state index in [9.17, 15) is 9.59 Å². The van der Waals surface area contributed by atoms with Crippen molar-refractivity contribution in [2.75, 3.05) is 0 Å². The largest absolute Gasteiger partial charge is 0.480 e. The monoisotopic (exact) mass is 261 g/mol. The summed E-state index contributed by atoms with van der Waals surface area (Å²) in [4.78, 5) is 22.6. The van der Waals surface area contributed by atoms with Gasteiger partial charge in [-0.05, 0) is 24.5 Å². The Morgan fingerprint density at radius 3 is 2.26 bits per heavy atom. The summed E-state index contributed by atoms with van der Waals surface area (Å²) in [6.07, 6.45) is 3.01. The third-order valence-corrected chi connectivity index (χ3v) is 2.73. The first kappa shape index (κ1) is 15.0. The number of nitrogens with one attached hydrogen (secondary N) is 1. The minimum Gasteiger partial charge on any atom is -0.480 e. The minimum absolute atomic E-state index is 0.158. The SMILES string of the molecule is Cc1ccc(/C=C/C(=O)N[C@@H](C(=O)O)C(C)C)cc1. The van der Waals surface area contributed by atoms with Crippen LogP contribution in [-0.4, -0.2) is 23.0 Å². The molecular formula is C15H19NO3. The number of hydrogen-bond donors (Lipinski definition) is 2. The second-order valence-electron chi connectivity index (χ2n) is 4.81. The van der Waals surface area contributed by atoms with Gasteiger partial charge in [-0.3, -0.25) is 4.79 Å². The van der Waals surface area contributed by atoms with Gasteiger partial charge in [0.15, 0.2) is 0 Å². The number of aryl methyl sites for hydroxylation is 1. The predicted octanol–water partition coefficient (Wildman–Crippen LogP) is 2.23. The van der Waals surface area contributed by atoms with Crippen LogP contribution in [0.15, 0.2) is 30.3 Å². The van der Waals surface area contributed by atoms with E-state index in [-0.39, 0.29) is 5.92 Å². The second kappa shape index (κ2) is 6.73. The highest BCUT2D eigenvalue weighted by atomic mass is 16.4. The van der Waals surface area contributed by atoms with Gasteiger partial charge in [-0.2, -0.15) is 0 Å². The lowest BCUT2D eigenvalue weighted by atomic mass is 10.0. The van der Waals surface area contributed by atoms with Crippen LogP contribution in [0.1, 0.15) is 25.0 Å². The maximum Gasteiger partial charge on any atom is 0.326 e. The van der Waals surface area contributed by atoms with Crippen LogP contribution in [0.25, 0.3) is 6.08 Å². The Balaban J connectivity index is 2.64. The third kappa shape index (κ3) is 4.95. The highest BCUT2D eigenvalue weighted by Crippen LogP contribution is 2.05. The topological polar surface area (TPSA) is 66.4 Å². The van der Waals surface area contributed by atoms with Crippen molar-refractivity contribution in [3.63, 3.8) is 0 Å². The van der Waals surface area contributed by atoms with E-state index in [0.717, 1.165) is 11.1 Å². The van der Waals surface area contributed by atoms with E-state index in [1.54, 1.807) is 19.9 Å². The average Bonchev–Trinajstić information content (AvgIpc) is 2.34. The van der Waals surface area contributed by atoms with Gasteiger partial charge in [-0.1, -0.05) is 43.7 Å². The molecule has 0 aliphatic carbocycles. The zero-order chi connectivity index (χ0) is 14.4. The zero-order valence-corrected chi connectivity index (χ0v) is 11.4. The molecule has 1 aromatic rings. The molecule has 0 spiro atoms. The van der Waals surface area contributed by atoms with Gasteiger partial charge >= 0.3 is 5.97 Å². The third-order valence-electron chi connectivity index (χ3n) is 2.73. The van der Waals surface area contributed by atoms with Crippen molar-refractivity contribution >= 4 is 18.0 Å². The Hall–Kier alpha value is -2.10. The van der Waals surface area contributed by atoms with Crippen LogP contribution >= 0.6 is 0 Å². The Morgan fingerprint density at radius 2 is 1.79 bits per heavy atom. The molecule has 4 nitrogen and oxygen atoms in total. The molecule has 0 aliphatic heterocycles. The predicted molar refractivity (Wildman–Crippen MR) is 74.6 cm³/mol. The summed E-state index contributed by atoms with van der Waals surface area (Å²) in [5, 5.41) is 11.4. The van der Waals surface area contributed by atoms with Crippen LogP contribution in [0.3, 0.4) is 0 Å². The Labute approximate surface area is 113 Å². The Morgan fingerprint density at radius 1 is 1.21 bits per heavy atom. The van der Waals surface area contributed by atoms with Crippen molar-refractivity contribution in [3.8, 4) is 0 Å². The second-order valence-corrected chi connectivity index (χ2v) is 4.81. The molecule has 0 saturated heterocycles. The number of carboxylic acid groups (broad SMARTS) is 1. The van der Waals surface area contributed by atoms with E-state index in [0.29, 0.717) is 0 Å². The summed E-state index contributed by atoms with van der Waals surface area (Å²) in [6.45, 7) is 5.49. The van der Waals surface area contributed by atoms with Crippen LogP contribution in [0, 0.1) is 12.8 Å². The molecule has 0 bridgehead atoms. The molecule has 0 saturated carbocycles. The maximum absolute atomic E-state index is 11.6. The number of amides is 1. The first-order chi connectivity index (χ1) is 8.90. The van der Waals surface area contributed by atoms with Crippen LogP contribution in [-0.2, 0) is 9.59 Å². The number of carbonyl (C=O) groups is 2. The maximum atomic E-state index is 11.6. The van der Waals surface area contributed by atoms with Crippen LogP contribution in [0.5, 0.6) is 0 Å². The van der Waals surface area contributed by atoms with Crippen LogP contribution < -0.4 is 5.32 Å². The van der Waals surface area contributed by atoms with Gasteiger partial charge < -0.3 is 10.4 Å². The number of hydrogen-bond acceptors (Lipinski definition) is 2. The standard InChI is InChI=1S/C15H19NO3/c1-10(2)14(15(18)19)16-13(17)9-8-12-6-4-11(3)5-7-12/h4-10,14H,1-3H3,(H,16,17)(H,18,19)/b9-8+/t14-/m1/s1. The first-order valence-electron chi connectivity index (χ1n) is 6.18. The lowest BCUT2D eigenvalue weighted by Gasteiger charge is -2.16. The van der Waals surface area contributed by atoms with Crippen LogP contribution in [0.2, 0.25) is 0 Å². The van der Waals surface area contributed by atoms with Gasteiger partial charge in [0.1, 0.15) is 6.04 Å². The van der Waals surface area contributed by atoms with Crippen molar-refractivity contribution in [1.29, 1.82) is 0 Å². The molecule has 1 aromatic carbocycles. The molecule has 1 atom stereocenters. The number of rotatable bonds is 5. The molecule has 0 unspecified atom stereocenters. The molecule has 4 heteroatoms. The molecule has 0 aliphatic rings. The molecule has 0 fully saturated rings. The Bertz CT molecular complexity index is 475. The van der Waals surface area contributed by atoms with E-state index >= 15 is 0 Å². The fourth-order valence-corrected chi connectivity index (χ4v) is 1.56. The van der Waals surface area contributed by atoms with E-state index in [1.807, 2.05) is 31.2 Å². The lowest BCUT2D eigenvalue weighted by molar-refractivity contribution is -0.142. The molecule has 19 heavy (non-hydrogen) atoms. The van der Waals surface area contributed by atoms with Gasteiger partial charge in [0.25, 0.3) is 0 Å². The van der Waals surface area contributed by atoms with Gasteiger partial charge in [-0.15, -0.1) is 0 Å². The lowest BCUT2D eigenvalue weighted by Crippen LogP contribution is -2.43. The molecule has 0 heterocycles. The van der Waals surface area contributed by atoms with E-state index in [2.05, 4.69) is 5.32 Å². The van der Waals surface area contributed by atoms with Gasteiger partial charge in [0, 0.05) is 6.08 Å². The van der Waals surface area contributed by atoms with Crippen molar-refractivity contribution in [2.45, 2.75) is 26.8 Å². The van der Waals surface area contributed by atoms with Crippen molar-refractivity contribution in [2.24, 2.45) is 5.92 Å². The Kier molecular flexibility index (Phi) is 5.30. The van der Waals surface area contributed by atoms with Gasteiger partial charge in [-0.25, -0.2) is 4.79 Å². The molecule has 2 N–H and O–H groups in total. The number of carbonyl (C=O) groups excluding carboxylic acids is 1. The average molecular weight is 261 g/mol. The van der Waals surface area contributed by atoms with Gasteiger partial charge in [0.05, 0.1) is 0 Å². The molecule has 0 radical (unpaired) electrons. The van der Waals surface area contributed by atoms with E-state index < -0.39 is 17.9 Å². The van der Waals surface area contributed by atoms with E-state index in [4.69, 9.17) is 5.11 Å². The summed E-state index contributed by atoms with van der Waals surface area (Å²) < 4.78 is 0. The quantitative estimate of drug-likeness (QED) is 0.799. The highest BCUT2D eigenvalue weighted by Gasteiger charge is 2.22. The fraction of sp³-hybridized carbons (Fsp3) is 0.333. The summed E-state index contributed by atoms with van der Waals surface area (Å²) in [5.74, 6) is -1.58. The van der Waals surface area contributed by atoms with Crippen LogP contribution in [0.4, 0.5) is 0 Å². The van der Waals surface area contributed by atoms with Gasteiger partial charge in [0.2, 0.25) is 5.91 Å².